The molecule has 21 heavy (non-hydrogen) atoms. The maximum Gasteiger partial charge on any atom is 0.224 e. The molecule has 3 rings (SSSR count). The lowest BCUT2D eigenvalue weighted by Crippen LogP contribution is -2.16. The average Bonchev–Trinajstić information content (AvgIpc) is 2.96. The van der Waals surface area contributed by atoms with E-state index in [2.05, 4.69) is 20.6 Å². The molecule has 2 aromatic rings. The lowest BCUT2D eigenvalue weighted by molar-refractivity contribution is 0.744. The van der Waals surface area contributed by atoms with Gasteiger partial charge in [-0.05, 0) is 31.0 Å². The van der Waals surface area contributed by atoms with Crippen molar-refractivity contribution in [1.29, 1.82) is 0 Å². The second-order valence-electron chi connectivity index (χ2n) is 5.11. The van der Waals surface area contributed by atoms with Gasteiger partial charge in [-0.1, -0.05) is 42.1 Å². The van der Waals surface area contributed by atoms with Gasteiger partial charge >= 0.3 is 0 Å². The molecule has 1 saturated carbocycles. The Morgan fingerprint density at radius 3 is 2.48 bits per heavy atom. The van der Waals surface area contributed by atoms with Crippen LogP contribution in [-0.4, -0.2) is 16.0 Å². The van der Waals surface area contributed by atoms with Gasteiger partial charge in [-0.2, -0.15) is 4.98 Å². The molecule has 0 aliphatic heterocycles. The summed E-state index contributed by atoms with van der Waals surface area (Å²) in [5.74, 6) is 1.30. The number of halogens is 2. The maximum atomic E-state index is 6.15. The van der Waals surface area contributed by atoms with Crippen molar-refractivity contribution in [2.24, 2.45) is 0 Å². The number of anilines is 3. The van der Waals surface area contributed by atoms with E-state index in [-0.39, 0.29) is 0 Å². The second-order valence-corrected chi connectivity index (χ2v) is 5.93. The molecule has 1 heterocycles. The molecule has 1 aliphatic carbocycles. The Morgan fingerprint density at radius 2 is 1.76 bits per heavy atom. The first-order valence-electron chi connectivity index (χ1n) is 7.03. The van der Waals surface area contributed by atoms with Gasteiger partial charge in [-0.3, -0.25) is 0 Å². The molecule has 1 fully saturated rings. The van der Waals surface area contributed by atoms with Gasteiger partial charge in [-0.15, -0.1) is 0 Å². The summed E-state index contributed by atoms with van der Waals surface area (Å²) in [5, 5.41) is 7.64. The molecular formula is C15H16Cl2N4. The largest absolute Gasteiger partial charge is 0.351 e. The minimum absolute atomic E-state index is 0.476. The fourth-order valence-electron chi connectivity index (χ4n) is 2.50. The molecular weight excluding hydrogens is 307 g/mol. The van der Waals surface area contributed by atoms with Crippen LogP contribution >= 0.6 is 23.2 Å². The van der Waals surface area contributed by atoms with E-state index in [4.69, 9.17) is 23.2 Å². The summed E-state index contributed by atoms with van der Waals surface area (Å²) < 4.78 is 0. The van der Waals surface area contributed by atoms with Crippen LogP contribution in [0.1, 0.15) is 25.7 Å². The molecule has 1 aromatic heterocycles. The van der Waals surface area contributed by atoms with Gasteiger partial charge in [0.2, 0.25) is 5.95 Å². The summed E-state index contributed by atoms with van der Waals surface area (Å²) in [6, 6.07) is 7.65. The van der Waals surface area contributed by atoms with Gasteiger partial charge < -0.3 is 10.6 Å². The van der Waals surface area contributed by atoms with E-state index in [1.54, 1.807) is 24.4 Å². The van der Waals surface area contributed by atoms with Crippen molar-refractivity contribution >= 4 is 40.7 Å². The van der Waals surface area contributed by atoms with Crippen molar-refractivity contribution in [1.82, 2.24) is 9.97 Å². The van der Waals surface area contributed by atoms with Gasteiger partial charge in [-0.25, -0.2) is 4.98 Å². The zero-order valence-electron chi connectivity index (χ0n) is 11.4. The highest BCUT2D eigenvalue weighted by Gasteiger charge is 2.15. The van der Waals surface area contributed by atoms with Gasteiger partial charge in [0, 0.05) is 12.2 Å². The minimum Gasteiger partial charge on any atom is -0.351 e. The molecule has 0 radical (unpaired) electrons. The third-order valence-corrected chi connectivity index (χ3v) is 4.19. The zero-order valence-corrected chi connectivity index (χ0v) is 13.0. The molecule has 1 aliphatic rings. The van der Waals surface area contributed by atoms with E-state index in [9.17, 15) is 0 Å². The van der Waals surface area contributed by atoms with E-state index >= 15 is 0 Å². The number of hydrogen-bond acceptors (Lipinski definition) is 4. The smallest absolute Gasteiger partial charge is 0.224 e. The molecule has 0 saturated heterocycles. The van der Waals surface area contributed by atoms with Crippen LogP contribution in [0.2, 0.25) is 10.0 Å². The predicted molar refractivity (Wildman–Crippen MR) is 87.7 cm³/mol. The van der Waals surface area contributed by atoms with E-state index < -0.39 is 0 Å². The van der Waals surface area contributed by atoms with Gasteiger partial charge in [0.15, 0.2) is 0 Å². The Balaban J connectivity index is 1.76. The van der Waals surface area contributed by atoms with Crippen LogP contribution in [0.15, 0.2) is 30.5 Å². The van der Waals surface area contributed by atoms with Crippen LogP contribution in [-0.2, 0) is 0 Å². The highest BCUT2D eigenvalue weighted by atomic mass is 35.5. The van der Waals surface area contributed by atoms with Crippen molar-refractivity contribution in [3.05, 3.63) is 40.5 Å². The molecule has 4 nitrogen and oxygen atoms in total. The van der Waals surface area contributed by atoms with E-state index in [1.165, 1.54) is 25.7 Å². The summed E-state index contributed by atoms with van der Waals surface area (Å²) in [6.45, 7) is 0. The molecule has 0 atom stereocenters. The molecule has 0 unspecified atom stereocenters. The third-order valence-electron chi connectivity index (χ3n) is 3.56. The van der Waals surface area contributed by atoms with Crippen molar-refractivity contribution in [2.75, 3.05) is 10.6 Å². The van der Waals surface area contributed by atoms with E-state index in [0.717, 1.165) is 0 Å². The first-order chi connectivity index (χ1) is 10.2. The first-order valence-corrected chi connectivity index (χ1v) is 7.78. The van der Waals surface area contributed by atoms with Crippen LogP contribution in [0.5, 0.6) is 0 Å². The van der Waals surface area contributed by atoms with Crippen LogP contribution in [0.3, 0.4) is 0 Å². The molecule has 2 N–H and O–H groups in total. The third kappa shape index (κ3) is 3.57. The Bertz CT molecular complexity index is 607. The number of hydrogen-bond donors (Lipinski definition) is 2. The second kappa shape index (κ2) is 6.50. The fraction of sp³-hybridized carbons (Fsp3) is 0.333. The van der Waals surface area contributed by atoms with Crippen molar-refractivity contribution in [2.45, 2.75) is 31.7 Å². The fourth-order valence-corrected chi connectivity index (χ4v) is 2.99. The predicted octanol–water partition coefficient (Wildman–Crippen LogP) is 4.88. The summed E-state index contributed by atoms with van der Waals surface area (Å²) >= 11 is 12.3. The molecule has 0 amide bonds. The van der Waals surface area contributed by atoms with Crippen molar-refractivity contribution < 1.29 is 0 Å². The van der Waals surface area contributed by atoms with E-state index in [0.29, 0.717) is 33.5 Å². The van der Waals surface area contributed by atoms with Crippen LogP contribution in [0.4, 0.5) is 17.5 Å². The number of aromatic nitrogens is 2. The highest BCUT2D eigenvalue weighted by molar-refractivity contribution is 6.39. The molecule has 0 bridgehead atoms. The Labute approximate surface area is 133 Å². The normalized spacial score (nSPS) is 15.1. The van der Waals surface area contributed by atoms with Crippen molar-refractivity contribution in [3.8, 4) is 0 Å². The summed E-state index contributed by atoms with van der Waals surface area (Å²) in [7, 11) is 0. The Hall–Kier alpha value is -1.52. The molecule has 1 aromatic carbocycles. The standard InChI is InChI=1S/C15H16Cl2N4/c16-11-6-3-7-12(17)14(11)20-13-8-9-18-15(21-13)19-10-4-1-2-5-10/h3,6-10H,1-2,4-5H2,(H2,18,19,20,21). The topological polar surface area (TPSA) is 49.8 Å². The Morgan fingerprint density at radius 1 is 1.05 bits per heavy atom. The van der Waals surface area contributed by atoms with Gasteiger partial charge in [0.25, 0.3) is 0 Å². The van der Waals surface area contributed by atoms with Gasteiger partial charge in [0.1, 0.15) is 5.82 Å². The average molecular weight is 323 g/mol. The number of nitrogens with zero attached hydrogens (tertiary/aromatic N) is 2. The van der Waals surface area contributed by atoms with Crippen LogP contribution < -0.4 is 10.6 Å². The zero-order chi connectivity index (χ0) is 14.7. The van der Waals surface area contributed by atoms with Crippen LogP contribution in [0.25, 0.3) is 0 Å². The summed E-state index contributed by atoms with van der Waals surface area (Å²) in [5.41, 5.74) is 0.659. The quantitative estimate of drug-likeness (QED) is 0.842. The lowest BCUT2D eigenvalue weighted by Gasteiger charge is -2.13. The van der Waals surface area contributed by atoms with E-state index in [1.807, 2.05) is 6.07 Å². The first kappa shape index (κ1) is 14.4. The van der Waals surface area contributed by atoms with Gasteiger partial charge in [0.05, 0.1) is 15.7 Å². The molecule has 0 spiro atoms. The lowest BCUT2D eigenvalue weighted by atomic mass is 10.2. The monoisotopic (exact) mass is 322 g/mol. The summed E-state index contributed by atoms with van der Waals surface area (Å²) in [4.78, 5) is 8.72. The van der Waals surface area contributed by atoms with Crippen molar-refractivity contribution in [3.63, 3.8) is 0 Å². The highest BCUT2D eigenvalue weighted by Crippen LogP contribution is 2.32. The number of rotatable bonds is 4. The summed E-state index contributed by atoms with van der Waals surface area (Å²) in [6.07, 6.45) is 6.61. The number of para-hydroxylation sites is 1. The van der Waals surface area contributed by atoms with Crippen LogP contribution in [0, 0.1) is 0 Å². The SMILES string of the molecule is Clc1cccc(Cl)c1Nc1ccnc(NC2CCCC2)n1. The molecule has 6 heteroatoms. The minimum atomic E-state index is 0.476. The maximum absolute atomic E-state index is 6.15. The number of benzene rings is 1. The Kier molecular flexibility index (Phi) is 4.46. The number of nitrogens with one attached hydrogen (secondary N) is 2. The molecule has 110 valence electrons.